The van der Waals surface area contributed by atoms with Crippen LogP contribution >= 0.6 is 0 Å². The minimum absolute atomic E-state index is 0.663. The quantitative estimate of drug-likeness (QED) is 0.262. The van der Waals surface area contributed by atoms with Gasteiger partial charge in [-0.25, -0.2) is 4.98 Å². The van der Waals surface area contributed by atoms with Crippen LogP contribution in [-0.2, 0) is 0 Å². The SMILES string of the molecule is Cc1cccc2nc3ccccc3c(N=[N+]=[N-])c12. The fraction of sp³-hybridized carbons (Fsp3) is 0.0714. The molecule has 86 valence electrons. The Hall–Kier alpha value is -2.58. The van der Waals surface area contributed by atoms with Crippen LogP contribution in [-0.4, -0.2) is 4.98 Å². The summed E-state index contributed by atoms with van der Waals surface area (Å²) in [6.45, 7) is 2.00. The maximum absolute atomic E-state index is 8.77. The average Bonchev–Trinajstić information content (AvgIpc) is 2.39. The summed E-state index contributed by atoms with van der Waals surface area (Å²) in [6, 6.07) is 13.6. The number of azide groups is 1. The normalized spacial score (nSPS) is 10.5. The van der Waals surface area contributed by atoms with Crippen LogP contribution in [0.1, 0.15) is 5.56 Å². The van der Waals surface area contributed by atoms with Gasteiger partial charge in [0.05, 0.1) is 16.7 Å². The predicted octanol–water partition coefficient (Wildman–Crippen LogP) is 4.64. The first-order valence-corrected chi connectivity index (χ1v) is 5.64. The summed E-state index contributed by atoms with van der Waals surface area (Å²) in [5, 5.41) is 5.68. The minimum Gasteiger partial charge on any atom is -0.248 e. The number of rotatable bonds is 1. The van der Waals surface area contributed by atoms with Crippen LogP contribution < -0.4 is 0 Å². The van der Waals surface area contributed by atoms with Crippen molar-refractivity contribution >= 4 is 27.5 Å². The van der Waals surface area contributed by atoms with Gasteiger partial charge in [-0.2, -0.15) is 0 Å². The lowest BCUT2D eigenvalue weighted by molar-refractivity contribution is 1.42. The van der Waals surface area contributed by atoms with Crippen LogP contribution in [0.3, 0.4) is 0 Å². The van der Waals surface area contributed by atoms with Crippen molar-refractivity contribution in [3.05, 3.63) is 58.5 Å². The Labute approximate surface area is 104 Å². The summed E-state index contributed by atoms with van der Waals surface area (Å²) in [7, 11) is 0. The molecule has 0 bridgehead atoms. The van der Waals surface area contributed by atoms with Crippen LogP contribution in [0.4, 0.5) is 5.69 Å². The maximum Gasteiger partial charge on any atom is 0.0717 e. The smallest absolute Gasteiger partial charge is 0.0717 e. The molecule has 0 aliphatic heterocycles. The lowest BCUT2D eigenvalue weighted by atomic mass is 10.0. The minimum atomic E-state index is 0.663. The maximum atomic E-state index is 8.77. The molecular formula is C14H10N4. The lowest BCUT2D eigenvalue weighted by Crippen LogP contribution is -1.86. The Kier molecular flexibility index (Phi) is 2.36. The van der Waals surface area contributed by atoms with Gasteiger partial charge in [0.25, 0.3) is 0 Å². The number of hydrogen-bond acceptors (Lipinski definition) is 2. The van der Waals surface area contributed by atoms with E-state index in [1.54, 1.807) is 0 Å². The highest BCUT2D eigenvalue weighted by Gasteiger charge is 2.08. The monoisotopic (exact) mass is 234 g/mol. The van der Waals surface area contributed by atoms with Crippen molar-refractivity contribution in [2.75, 3.05) is 0 Å². The van der Waals surface area contributed by atoms with Gasteiger partial charge in [0, 0.05) is 15.7 Å². The zero-order valence-corrected chi connectivity index (χ0v) is 9.83. The summed E-state index contributed by atoms with van der Waals surface area (Å²) in [5.41, 5.74) is 12.2. The molecule has 18 heavy (non-hydrogen) atoms. The van der Waals surface area contributed by atoms with Gasteiger partial charge < -0.3 is 0 Å². The van der Waals surface area contributed by atoms with Crippen molar-refractivity contribution in [3.8, 4) is 0 Å². The van der Waals surface area contributed by atoms with Crippen molar-refractivity contribution in [1.29, 1.82) is 0 Å². The number of benzene rings is 2. The fourth-order valence-electron chi connectivity index (χ4n) is 2.24. The van der Waals surface area contributed by atoms with Gasteiger partial charge in [-0.15, -0.1) is 0 Å². The zero-order chi connectivity index (χ0) is 12.5. The molecule has 0 radical (unpaired) electrons. The Bertz CT molecular complexity index is 801. The highest BCUT2D eigenvalue weighted by molar-refractivity contribution is 6.07. The number of fused-ring (bicyclic) bond motifs is 2. The molecule has 2 aromatic carbocycles. The Morgan fingerprint density at radius 2 is 1.83 bits per heavy atom. The van der Waals surface area contributed by atoms with Gasteiger partial charge in [-0.1, -0.05) is 35.4 Å². The predicted molar refractivity (Wildman–Crippen MR) is 72.8 cm³/mol. The molecule has 3 aromatic rings. The third-order valence-electron chi connectivity index (χ3n) is 3.03. The molecule has 0 saturated carbocycles. The van der Waals surface area contributed by atoms with Crippen LogP contribution in [0, 0.1) is 6.92 Å². The van der Waals surface area contributed by atoms with E-state index in [1.807, 2.05) is 49.4 Å². The molecule has 0 saturated heterocycles. The number of para-hydroxylation sites is 1. The molecular weight excluding hydrogens is 224 g/mol. The molecule has 0 aliphatic rings. The van der Waals surface area contributed by atoms with E-state index in [-0.39, 0.29) is 0 Å². The van der Waals surface area contributed by atoms with Crippen molar-refractivity contribution < 1.29 is 0 Å². The first-order valence-electron chi connectivity index (χ1n) is 5.64. The molecule has 0 spiro atoms. The topological polar surface area (TPSA) is 61.7 Å². The lowest BCUT2D eigenvalue weighted by Gasteiger charge is -2.08. The van der Waals surface area contributed by atoms with E-state index in [0.29, 0.717) is 5.69 Å². The molecule has 1 aromatic heterocycles. The second kappa shape index (κ2) is 4.02. The number of pyridine rings is 1. The van der Waals surface area contributed by atoms with Crippen molar-refractivity contribution in [2.45, 2.75) is 6.92 Å². The van der Waals surface area contributed by atoms with Crippen molar-refractivity contribution in [1.82, 2.24) is 4.98 Å². The second-order valence-corrected chi connectivity index (χ2v) is 4.14. The van der Waals surface area contributed by atoms with Crippen LogP contribution in [0.25, 0.3) is 32.2 Å². The number of aryl methyl sites for hydroxylation is 1. The first-order chi connectivity index (χ1) is 8.81. The standard InChI is InChI=1S/C14H10N4/c1-9-5-4-8-12-13(9)14(17-18-15)10-6-2-3-7-11(10)16-12/h2-8H,1H3. The molecule has 4 heteroatoms. The third-order valence-corrected chi connectivity index (χ3v) is 3.03. The van der Waals surface area contributed by atoms with Gasteiger partial charge in [-0.3, -0.25) is 0 Å². The molecule has 0 unspecified atom stereocenters. The zero-order valence-electron chi connectivity index (χ0n) is 9.83. The van der Waals surface area contributed by atoms with Gasteiger partial charge in [0.2, 0.25) is 0 Å². The molecule has 3 rings (SSSR count). The largest absolute Gasteiger partial charge is 0.248 e. The number of aromatic nitrogens is 1. The fourth-order valence-corrected chi connectivity index (χ4v) is 2.24. The van der Waals surface area contributed by atoms with Crippen molar-refractivity contribution in [3.63, 3.8) is 0 Å². The summed E-state index contributed by atoms with van der Waals surface area (Å²) in [5.74, 6) is 0. The number of hydrogen-bond donors (Lipinski definition) is 0. The summed E-state index contributed by atoms with van der Waals surface area (Å²) in [4.78, 5) is 7.54. The van der Waals surface area contributed by atoms with E-state index < -0.39 is 0 Å². The van der Waals surface area contributed by atoms with Crippen LogP contribution in [0.5, 0.6) is 0 Å². The summed E-state index contributed by atoms with van der Waals surface area (Å²) in [6.07, 6.45) is 0. The first kappa shape index (κ1) is 10.6. The van der Waals surface area contributed by atoms with Crippen molar-refractivity contribution in [2.24, 2.45) is 5.11 Å². The van der Waals surface area contributed by atoms with Gasteiger partial charge in [-0.05, 0) is 30.2 Å². The molecule has 1 heterocycles. The molecule has 0 atom stereocenters. The van der Waals surface area contributed by atoms with E-state index >= 15 is 0 Å². The van der Waals surface area contributed by atoms with E-state index in [4.69, 9.17) is 5.53 Å². The van der Waals surface area contributed by atoms with E-state index in [1.165, 1.54) is 0 Å². The molecule has 0 fully saturated rings. The molecule has 0 amide bonds. The highest BCUT2D eigenvalue weighted by atomic mass is 15.1. The van der Waals surface area contributed by atoms with E-state index in [2.05, 4.69) is 15.0 Å². The van der Waals surface area contributed by atoms with E-state index in [0.717, 1.165) is 27.4 Å². The van der Waals surface area contributed by atoms with Gasteiger partial charge in [0.15, 0.2) is 0 Å². The van der Waals surface area contributed by atoms with Crippen LogP contribution in [0.2, 0.25) is 0 Å². The van der Waals surface area contributed by atoms with Gasteiger partial charge >= 0.3 is 0 Å². The Balaban J connectivity index is 2.64. The Morgan fingerprint density at radius 1 is 1.06 bits per heavy atom. The highest BCUT2D eigenvalue weighted by Crippen LogP contribution is 2.34. The second-order valence-electron chi connectivity index (χ2n) is 4.14. The summed E-state index contributed by atoms with van der Waals surface area (Å²) >= 11 is 0. The molecule has 0 N–H and O–H groups in total. The third kappa shape index (κ3) is 1.48. The Morgan fingerprint density at radius 3 is 2.67 bits per heavy atom. The average molecular weight is 234 g/mol. The van der Waals surface area contributed by atoms with Crippen LogP contribution in [0.15, 0.2) is 47.6 Å². The summed E-state index contributed by atoms with van der Waals surface area (Å²) < 4.78 is 0. The van der Waals surface area contributed by atoms with E-state index in [9.17, 15) is 0 Å². The molecule has 4 nitrogen and oxygen atoms in total. The molecule has 0 aliphatic carbocycles. The van der Waals surface area contributed by atoms with Gasteiger partial charge in [0.1, 0.15) is 0 Å². The number of nitrogens with zero attached hydrogens (tertiary/aromatic N) is 4.